The molecule has 0 atom stereocenters. The third kappa shape index (κ3) is 4.33. The fraction of sp³-hybridized carbons (Fsp3) is 0.571. The highest BCUT2D eigenvalue weighted by Crippen LogP contribution is 2.26. The molecule has 3 N–H and O–H groups in total. The Balaban J connectivity index is 2.05. The second kappa shape index (κ2) is 6.64. The van der Waals surface area contributed by atoms with Crippen molar-refractivity contribution in [3.8, 4) is 5.75 Å². The van der Waals surface area contributed by atoms with Gasteiger partial charge in [-0.2, -0.15) is 0 Å². The van der Waals surface area contributed by atoms with Crippen LogP contribution in [0.4, 0.5) is 5.69 Å². The maximum absolute atomic E-state index is 12.4. The number of nitrogens with two attached hydrogens (primary N) is 1. The van der Waals surface area contributed by atoms with Gasteiger partial charge in [-0.15, -0.1) is 0 Å². The Morgan fingerprint density at radius 2 is 2.14 bits per heavy atom. The zero-order valence-corrected chi connectivity index (χ0v) is 13.3. The van der Waals surface area contributed by atoms with E-state index in [1.54, 1.807) is 12.1 Å². The summed E-state index contributed by atoms with van der Waals surface area (Å²) < 4.78 is 32.7. The van der Waals surface area contributed by atoms with Gasteiger partial charge in [0.1, 0.15) is 10.6 Å². The van der Waals surface area contributed by atoms with Crippen molar-refractivity contribution >= 4 is 15.7 Å². The van der Waals surface area contributed by atoms with Crippen LogP contribution in [-0.2, 0) is 10.0 Å². The van der Waals surface area contributed by atoms with E-state index in [0.717, 1.165) is 0 Å². The second-order valence-electron chi connectivity index (χ2n) is 5.25. The Morgan fingerprint density at radius 1 is 1.43 bits per heavy atom. The normalized spacial score (nSPS) is 15.4. The van der Waals surface area contributed by atoms with Crippen molar-refractivity contribution < 1.29 is 13.2 Å². The molecule has 1 aromatic rings. The monoisotopic (exact) mass is 313 g/mol. The van der Waals surface area contributed by atoms with Crippen molar-refractivity contribution in [1.82, 2.24) is 9.62 Å². The van der Waals surface area contributed by atoms with Crippen molar-refractivity contribution in [3.05, 3.63) is 18.2 Å². The van der Waals surface area contributed by atoms with E-state index < -0.39 is 10.0 Å². The average Bonchev–Trinajstić information content (AvgIpc) is 3.25. The smallest absolute Gasteiger partial charge is 0.244 e. The lowest BCUT2D eigenvalue weighted by Crippen LogP contribution is -2.34. The molecule has 21 heavy (non-hydrogen) atoms. The summed E-state index contributed by atoms with van der Waals surface area (Å²) in [4.78, 5) is 2.27. The molecule has 0 unspecified atom stereocenters. The molecule has 0 heterocycles. The highest BCUT2D eigenvalue weighted by atomic mass is 32.2. The number of nitrogen functional groups attached to an aromatic ring is 1. The minimum Gasteiger partial charge on any atom is -0.492 e. The molecular formula is C14H23N3O3S. The number of likely N-dealkylation sites (N-methyl/N-ethyl adjacent to an activating group) is 1. The summed E-state index contributed by atoms with van der Waals surface area (Å²) in [7, 11) is -1.61. The number of benzene rings is 1. The Morgan fingerprint density at radius 3 is 2.76 bits per heavy atom. The molecular weight excluding hydrogens is 290 g/mol. The van der Waals surface area contributed by atoms with Gasteiger partial charge in [-0.3, -0.25) is 0 Å². The van der Waals surface area contributed by atoms with Gasteiger partial charge in [0.05, 0.1) is 6.61 Å². The summed E-state index contributed by atoms with van der Waals surface area (Å²) >= 11 is 0. The lowest BCUT2D eigenvalue weighted by molar-refractivity contribution is 0.327. The van der Waals surface area contributed by atoms with Crippen molar-refractivity contribution in [2.45, 2.75) is 30.7 Å². The molecule has 0 radical (unpaired) electrons. The van der Waals surface area contributed by atoms with Gasteiger partial charge in [0.15, 0.2) is 0 Å². The maximum atomic E-state index is 12.4. The Hall–Kier alpha value is -1.31. The fourth-order valence-corrected chi connectivity index (χ4v) is 3.34. The van der Waals surface area contributed by atoms with Crippen LogP contribution in [0.25, 0.3) is 0 Å². The number of hydrogen-bond donors (Lipinski definition) is 2. The molecule has 7 heteroatoms. The predicted molar refractivity (Wildman–Crippen MR) is 82.9 cm³/mol. The highest BCUT2D eigenvalue weighted by molar-refractivity contribution is 7.89. The van der Waals surface area contributed by atoms with Crippen LogP contribution in [0.5, 0.6) is 5.75 Å². The van der Waals surface area contributed by atoms with Crippen LogP contribution in [0.1, 0.15) is 19.8 Å². The Labute approximate surface area is 126 Å². The van der Waals surface area contributed by atoms with Gasteiger partial charge in [-0.05, 0) is 45.0 Å². The summed E-state index contributed by atoms with van der Waals surface area (Å²) in [5.74, 6) is 0.328. The minimum absolute atomic E-state index is 0.0958. The molecule has 0 bridgehead atoms. The SMILES string of the molecule is CCOc1ccc(N)cc1S(=O)(=O)NCCN(C)C1CC1. The van der Waals surface area contributed by atoms with Crippen LogP contribution in [0.2, 0.25) is 0 Å². The van der Waals surface area contributed by atoms with Gasteiger partial charge < -0.3 is 15.4 Å². The van der Waals surface area contributed by atoms with E-state index >= 15 is 0 Å². The summed E-state index contributed by atoms with van der Waals surface area (Å²) in [6, 6.07) is 5.26. The van der Waals surface area contributed by atoms with E-state index in [0.29, 0.717) is 37.2 Å². The van der Waals surface area contributed by atoms with Crippen LogP contribution >= 0.6 is 0 Å². The first-order valence-electron chi connectivity index (χ1n) is 7.16. The van der Waals surface area contributed by atoms with E-state index in [1.165, 1.54) is 18.9 Å². The van der Waals surface area contributed by atoms with E-state index in [2.05, 4.69) is 9.62 Å². The largest absolute Gasteiger partial charge is 0.492 e. The molecule has 0 spiro atoms. The quantitative estimate of drug-likeness (QED) is 0.701. The lowest BCUT2D eigenvalue weighted by Gasteiger charge is -2.17. The predicted octanol–water partition coefficient (Wildman–Crippen LogP) is 1.04. The summed E-state index contributed by atoms with van der Waals surface area (Å²) in [5, 5.41) is 0. The standard InChI is InChI=1S/C14H23N3O3S/c1-3-20-13-7-4-11(15)10-14(13)21(18,19)16-8-9-17(2)12-5-6-12/h4,7,10,12,16H,3,5-6,8-9,15H2,1-2H3. The van der Waals surface area contributed by atoms with Gasteiger partial charge in [0, 0.05) is 24.8 Å². The molecule has 1 aromatic carbocycles. The zero-order chi connectivity index (χ0) is 15.5. The topological polar surface area (TPSA) is 84.7 Å². The number of ether oxygens (including phenoxy) is 1. The second-order valence-corrected chi connectivity index (χ2v) is 6.98. The number of rotatable bonds is 8. The zero-order valence-electron chi connectivity index (χ0n) is 12.5. The molecule has 0 aromatic heterocycles. The van der Waals surface area contributed by atoms with Crippen LogP contribution in [0, 0.1) is 0 Å². The highest BCUT2D eigenvalue weighted by Gasteiger charge is 2.26. The molecule has 1 aliphatic rings. The number of sulfonamides is 1. The number of anilines is 1. The summed E-state index contributed by atoms with van der Waals surface area (Å²) in [6.45, 7) is 3.27. The first-order valence-corrected chi connectivity index (χ1v) is 8.64. The Kier molecular flexibility index (Phi) is 5.08. The van der Waals surface area contributed by atoms with E-state index in [9.17, 15) is 8.42 Å². The third-order valence-corrected chi connectivity index (χ3v) is 4.97. The van der Waals surface area contributed by atoms with E-state index in [1.807, 2.05) is 14.0 Å². The van der Waals surface area contributed by atoms with Gasteiger partial charge in [-0.25, -0.2) is 13.1 Å². The van der Waals surface area contributed by atoms with Crippen LogP contribution < -0.4 is 15.2 Å². The average molecular weight is 313 g/mol. The molecule has 0 saturated heterocycles. The third-order valence-electron chi connectivity index (χ3n) is 3.48. The van der Waals surface area contributed by atoms with Crippen molar-refractivity contribution in [2.24, 2.45) is 0 Å². The van der Waals surface area contributed by atoms with E-state index in [4.69, 9.17) is 10.5 Å². The summed E-state index contributed by atoms with van der Waals surface area (Å²) in [6.07, 6.45) is 2.40. The first kappa shape index (κ1) is 16.1. The van der Waals surface area contributed by atoms with E-state index in [-0.39, 0.29) is 4.90 Å². The van der Waals surface area contributed by atoms with Crippen molar-refractivity contribution in [3.63, 3.8) is 0 Å². The molecule has 0 aliphatic heterocycles. The minimum atomic E-state index is -3.62. The Bertz CT molecular complexity index is 585. The van der Waals surface area contributed by atoms with Gasteiger partial charge >= 0.3 is 0 Å². The number of nitrogens with one attached hydrogen (secondary N) is 1. The number of hydrogen-bond acceptors (Lipinski definition) is 5. The van der Waals surface area contributed by atoms with Crippen LogP contribution in [-0.4, -0.2) is 46.1 Å². The summed E-state index contributed by atoms with van der Waals surface area (Å²) in [5.41, 5.74) is 6.09. The maximum Gasteiger partial charge on any atom is 0.244 e. The number of nitrogens with zero attached hydrogens (tertiary/aromatic N) is 1. The molecule has 1 saturated carbocycles. The molecule has 1 fully saturated rings. The van der Waals surface area contributed by atoms with Crippen LogP contribution in [0.15, 0.2) is 23.1 Å². The van der Waals surface area contributed by atoms with Crippen molar-refractivity contribution in [1.29, 1.82) is 0 Å². The molecule has 1 aliphatic carbocycles. The first-order chi connectivity index (χ1) is 9.94. The molecule has 2 rings (SSSR count). The lowest BCUT2D eigenvalue weighted by atomic mass is 10.3. The van der Waals surface area contributed by atoms with Crippen LogP contribution in [0.3, 0.4) is 0 Å². The van der Waals surface area contributed by atoms with Gasteiger partial charge in [0.25, 0.3) is 0 Å². The molecule has 118 valence electrons. The van der Waals surface area contributed by atoms with Gasteiger partial charge in [-0.1, -0.05) is 0 Å². The van der Waals surface area contributed by atoms with Crippen molar-refractivity contribution in [2.75, 3.05) is 32.5 Å². The molecule has 0 amide bonds. The fourth-order valence-electron chi connectivity index (χ4n) is 2.14. The molecule has 6 nitrogen and oxygen atoms in total. The van der Waals surface area contributed by atoms with Gasteiger partial charge in [0.2, 0.25) is 10.0 Å².